The average molecular weight is 366 g/mol. The molecule has 2 aromatic carbocycles. The van der Waals surface area contributed by atoms with Crippen LogP contribution in [0.5, 0.6) is 0 Å². The Morgan fingerprint density at radius 2 is 1.89 bits per heavy atom. The summed E-state index contributed by atoms with van der Waals surface area (Å²) in [5, 5.41) is 5.90. The molecule has 0 saturated carbocycles. The van der Waals surface area contributed by atoms with E-state index >= 15 is 0 Å². The highest BCUT2D eigenvalue weighted by molar-refractivity contribution is 6.31. The summed E-state index contributed by atoms with van der Waals surface area (Å²) in [7, 11) is 2.16. The van der Waals surface area contributed by atoms with Crippen molar-refractivity contribution in [3.63, 3.8) is 0 Å². The van der Waals surface area contributed by atoms with Crippen LogP contribution in [0, 0.1) is 5.82 Å². The molecule has 6 heteroatoms. The Balaban J connectivity index is 1.47. The zero-order valence-corrected chi connectivity index (χ0v) is 15.3. The van der Waals surface area contributed by atoms with Gasteiger partial charge in [0.25, 0.3) is 5.91 Å². The summed E-state index contributed by atoms with van der Waals surface area (Å²) in [6.07, 6.45) is 2.80. The van der Waals surface area contributed by atoms with Crippen molar-refractivity contribution < 1.29 is 9.18 Å². The van der Waals surface area contributed by atoms with Crippen molar-refractivity contribution in [3.8, 4) is 0 Å². The number of nitrogens with zero attached hydrogens (tertiary/aromatic N) is 2. The summed E-state index contributed by atoms with van der Waals surface area (Å²) in [6.45, 7) is 4.28. The molecule has 140 valence electrons. The Kier molecular flexibility index (Phi) is 4.81. The maximum atomic E-state index is 13.5. The third-order valence-electron chi connectivity index (χ3n) is 5.10. The number of likely N-dealkylation sites (N-methyl/N-ethyl adjacent to an activating group) is 1. The first-order valence-electron chi connectivity index (χ1n) is 9.22. The Morgan fingerprint density at radius 1 is 1.07 bits per heavy atom. The van der Waals surface area contributed by atoms with E-state index in [2.05, 4.69) is 39.6 Å². The number of halogens is 1. The first kappa shape index (κ1) is 17.5. The molecule has 0 atom stereocenters. The molecule has 1 saturated heterocycles. The largest absolute Gasteiger partial charge is 0.370 e. The van der Waals surface area contributed by atoms with Crippen LogP contribution in [-0.2, 0) is 4.79 Å². The molecule has 5 nitrogen and oxygen atoms in total. The zero-order valence-electron chi connectivity index (χ0n) is 15.3. The first-order chi connectivity index (χ1) is 13.1. The van der Waals surface area contributed by atoms with Gasteiger partial charge in [0.15, 0.2) is 0 Å². The highest BCUT2D eigenvalue weighted by Gasteiger charge is 2.24. The van der Waals surface area contributed by atoms with Crippen molar-refractivity contribution >= 4 is 28.5 Å². The minimum absolute atomic E-state index is 0.228. The molecular weight excluding hydrogens is 343 g/mol. The lowest BCUT2D eigenvalue weighted by atomic mass is 10.1. The summed E-state index contributed by atoms with van der Waals surface area (Å²) >= 11 is 0. The van der Waals surface area contributed by atoms with E-state index in [1.165, 1.54) is 17.8 Å². The fourth-order valence-corrected chi connectivity index (χ4v) is 3.53. The van der Waals surface area contributed by atoms with Crippen LogP contribution in [-0.4, -0.2) is 44.0 Å². The Bertz CT molecular complexity index is 878. The fraction of sp³-hybridized carbons (Fsp3) is 0.286. The quantitative estimate of drug-likeness (QED) is 0.818. The number of hydrogen-bond acceptors (Lipinski definition) is 4. The van der Waals surface area contributed by atoms with Crippen LogP contribution in [0.15, 0.2) is 48.7 Å². The van der Waals surface area contributed by atoms with Gasteiger partial charge >= 0.3 is 0 Å². The van der Waals surface area contributed by atoms with Gasteiger partial charge in [0.2, 0.25) is 0 Å². The third kappa shape index (κ3) is 3.80. The van der Waals surface area contributed by atoms with Gasteiger partial charge in [0, 0.05) is 48.5 Å². The molecular formula is C21H23FN4O. The molecule has 0 unspecified atom stereocenters. The van der Waals surface area contributed by atoms with E-state index in [9.17, 15) is 9.18 Å². The number of rotatable bonds is 3. The van der Waals surface area contributed by atoms with Crippen molar-refractivity contribution in [3.05, 3.63) is 60.0 Å². The zero-order chi connectivity index (χ0) is 18.8. The lowest BCUT2D eigenvalue weighted by molar-refractivity contribution is -0.110. The molecule has 0 bridgehead atoms. The van der Waals surface area contributed by atoms with E-state index in [0.717, 1.165) is 38.3 Å². The number of carbonyl (C=O) groups excluding carboxylic acids is 1. The number of fused-ring (bicyclic) bond motifs is 1. The van der Waals surface area contributed by atoms with Crippen molar-refractivity contribution in [2.24, 2.45) is 0 Å². The fourth-order valence-electron chi connectivity index (χ4n) is 3.53. The summed E-state index contributed by atoms with van der Waals surface area (Å²) in [5.41, 5.74) is 3.74. The highest BCUT2D eigenvalue weighted by Crippen LogP contribution is 2.32. The van der Waals surface area contributed by atoms with E-state index in [1.54, 1.807) is 12.3 Å². The van der Waals surface area contributed by atoms with Gasteiger partial charge in [-0.3, -0.25) is 4.79 Å². The van der Waals surface area contributed by atoms with Crippen LogP contribution in [0.2, 0.25) is 0 Å². The molecule has 2 N–H and O–H groups in total. The van der Waals surface area contributed by atoms with Gasteiger partial charge < -0.3 is 20.4 Å². The SMILES string of the molecule is CN1CCCN(c2ccc(NC=C3C(=O)Nc4ccc(F)cc43)cc2)CC1. The minimum atomic E-state index is -0.358. The first-order valence-corrected chi connectivity index (χ1v) is 9.22. The number of benzene rings is 2. The number of nitrogens with one attached hydrogen (secondary N) is 2. The van der Waals surface area contributed by atoms with Crippen molar-refractivity contribution in [2.45, 2.75) is 6.42 Å². The summed E-state index contributed by atoms with van der Waals surface area (Å²) in [4.78, 5) is 16.9. The van der Waals surface area contributed by atoms with Crippen LogP contribution < -0.4 is 15.5 Å². The van der Waals surface area contributed by atoms with Crippen molar-refractivity contribution in [1.82, 2.24) is 4.90 Å². The molecule has 0 radical (unpaired) electrons. The van der Waals surface area contributed by atoms with Gasteiger partial charge in [0.1, 0.15) is 5.82 Å². The lowest BCUT2D eigenvalue weighted by Gasteiger charge is -2.23. The van der Waals surface area contributed by atoms with E-state index in [-0.39, 0.29) is 11.7 Å². The van der Waals surface area contributed by atoms with Gasteiger partial charge in [-0.05, 0) is 62.5 Å². The second-order valence-corrected chi connectivity index (χ2v) is 7.04. The second kappa shape index (κ2) is 7.40. The maximum absolute atomic E-state index is 13.5. The van der Waals surface area contributed by atoms with Crippen LogP contribution in [0.3, 0.4) is 0 Å². The summed E-state index contributed by atoms with van der Waals surface area (Å²) in [5.74, 6) is -0.586. The van der Waals surface area contributed by atoms with Gasteiger partial charge in [-0.1, -0.05) is 0 Å². The Hall–Kier alpha value is -2.86. The van der Waals surface area contributed by atoms with Gasteiger partial charge in [-0.15, -0.1) is 0 Å². The molecule has 27 heavy (non-hydrogen) atoms. The minimum Gasteiger partial charge on any atom is -0.370 e. The smallest absolute Gasteiger partial charge is 0.257 e. The van der Waals surface area contributed by atoms with Crippen LogP contribution in [0.1, 0.15) is 12.0 Å². The monoisotopic (exact) mass is 366 g/mol. The lowest BCUT2D eigenvalue weighted by Crippen LogP contribution is -2.28. The molecule has 2 aliphatic rings. The highest BCUT2D eigenvalue weighted by atomic mass is 19.1. The van der Waals surface area contributed by atoms with Crippen molar-refractivity contribution in [2.75, 3.05) is 48.8 Å². The van der Waals surface area contributed by atoms with E-state index in [0.29, 0.717) is 16.8 Å². The van der Waals surface area contributed by atoms with Crippen LogP contribution in [0.25, 0.3) is 5.57 Å². The summed E-state index contributed by atoms with van der Waals surface area (Å²) < 4.78 is 13.5. The Morgan fingerprint density at radius 3 is 2.70 bits per heavy atom. The topological polar surface area (TPSA) is 47.6 Å². The van der Waals surface area contributed by atoms with E-state index in [4.69, 9.17) is 0 Å². The average Bonchev–Trinajstić information content (AvgIpc) is 2.82. The summed E-state index contributed by atoms with van der Waals surface area (Å²) in [6, 6.07) is 12.5. The van der Waals surface area contributed by atoms with Crippen LogP contribution >= 0.6 is 0 Å². The number of amides is 1. The molecule has 0 spiro atoms. The molecule has 0 aromatic heterocycles. The standard InChI is InChI=1S/C21H23FN4O/c1-25-9-2-10-26(12-11-25)17-6-4-16(5-7-17)23-14-19-18-13-15(22)3-8-20(18)24-21(19)27/h3-8,13-14,23H,2,9-12H2,1H3,(H,24,27). The maximum Gasteiger partial charge on any atom is 0.257 e. The predicted molar refractivity (Wildman–Crippen MR) is 107 cm³/mol. The third-order valence-corrected chi connectivity index (χ3v) is 5.10. The van der Waals surface area contributed by atoms with E-state index in [1.807, 2.05) is 12.1 Å². The molecule has 2 heterocycles. The van der Waals surface area contributed by atoms with E-state index < -0.39 is 0 Å². The van der Waals surface area contributed by atoms with Gasteiger partial charge in [0.05, 0.1) is 5.57 Å². The van der Waals surface area contributed by atoms with Crippen molar-refractivity contribution in [1.29, 1.82) is 0 Å². The predicted octanol–water partition coefficient (Wildman–Crippen LogP) is 3.37. The molecule has 2 aromatic rings. The number of anilines is 3. The normalized spacial score (nSPS) is 19.0. The number of carbonyl (C=O) groups is 1. The Labute approximate surface area is 158 Å². The van der Waals surface area contributed by atoms with Gasteiger partial charge in [-0.25, -0.2) is 4.39 Å². The molecule has 0 aliphatic carbocycles. The molecule has 4 rings (SSSR count). The van der Waals surface area contributed by atoms with Crippen LogP contribution in [0.4, 0.5) is 21.5 Å². The molecule has 2 aliphatic heterocycles. The molecule has 1 amide bonds. The second-order valence-electron chi connectivity index (χ2n) is 7.04. The number of hydrogen-bond donors (Lipinski definition) is 2. The van der Waals surface area contributed by atoms with Gasteiger partial charge in [-0.2, -0.15) is 0 Å². The molecule has 1 fully saturated rings.